The Hall–Kier alpha value is -0.915. The molecule has 0 aliphatic carbocycles. The molecule has 4 aromatic rings. The molecule has 0 heterocycles. The zero-order valence-corrected chi connectivity index (χ0v) is 29.3. The Morgan fingerprint density at radius 1 is 0.583 bits per heavy atom. The van der Waals surface area contributed by atoms with E-state index in [1.807, 2.05) is 0 Å². The molecule has 1 radical (unpaired) electrons. The second-order valence-corrected chi connectivity index (χ2v) is 24.5. The second kappa shape index (κ2) is 16.8. The van der Waals surface area contributed by atoms with Gasteiger partial charge in [-0.25, -0.2) is 12.1 Å². The quantitative estimate of drug-likeness (QED) is 0.161. The number of hydrogen-bond acceptors (Lipinski definition) is 0. The molecule has 0 aliphatic rings. The molecule has 0 atom stereocenters. The molecular formula is C30H41Cl2Si3Ti-2. The van der Waals surface area contributed by atoms with Crippen molar-refractivity contribution in [2.45, 2.75) is 52.4 Å². The fraction of sp³-hybridized carbons (Fsp3) is 0.267. The zero-order valence-electron chi connectivity index (χ0n) is 23.1. The number of rotatable bonds is 4. The predicted molar refractivity (Wildman–Crippen MR) is 171 cm³/mol. The van der Waals surface area contributed by atoms with Crippen LogP contribution < -0.4 is 10.4 Å². The molecule has 4 rings (SSSR count). The molecular weight excluding hydrogens is 563 g/mol. The van der Waals surface area contributed by atoms with E-state index >= 15 is 0 Å². The standard InChI is InChI=1S/2C14H17Si.C2H7Si.2ClH.Ti/c2*1-15(2,3)14-10-9-13(11-14)12-7-5-4-6-8-12;1-3-2;;;/h2*4-11H,1-3H3;3H,1-2H3;2*1H;/q2*-1;;;;+2/p-2. The fourth-order valence-electron chi connectivity index (χ4n) is 3.44. The van der Waals surface area contributed by atoms with E-state index in [0.29, 0.717) is 0 Å². The van der Waals surface area contributed by atoms with Crippen LogP contribution in [0.15, 0.2) is 97.1 Å². The van der Waals surface area contributed by atoms with Gasteiger partial charge in [-0.05, 0) is 0 Å². The van der Waals surface area contributed by atoms with E-state index in [2.05, 4.69) is 149 Å². The van der Waals surface area contributed by atoms with Crippen molar-refractivity contribution in [1.29, 1.82) is 0 Å². The first-order valence-electron chi connectivity index (χ1n) is 12.3. The normalized spacial score (nSPS) is 10.6. The van der Waals surface area contributed by atoms with Gasteiger partial charge in [0.2, 0.25) is 0 Å². The van der Waals surface area contributed by atoms with E-state index in [0.717, 1.165) is 9.52 Å². The minimum atomic E-state index is -1.15. The third-order valence-corrected chi connectivity index (χ3v) is 9.54. The Labute approximate surface area is 241 Å². The molecule has 0 aromatic heterocycles. The van der Waals surface area contributed by atoms with Gasteiger partial charge in [0.1, 0.15) is 0 Å². The van der Waals surface area contributed by atoms with Crippen molar-refractivity contribution in [3.63, 3.8) is 0 Å². The van der Waals surface area contributed by atoms with Gasteiger partial charge in [0.25, 0.3) is 0 Å². The van der Waals surface area contributed by atoms with Crippen LogP contribution in [-0.2, 0) is 17.0 Å². The van der Waals surface area contributed by atoms with Gasteiger partial charge in [0, 0.05) is 9.52 Å². The van der Waals surface area contributed by atoms with E-state index < -0.39 is 33.2 Å². The van der Waals surface area contributed by atoms with Crippen molar-refractivity contribution >= 4 is 54.7 Å². The molecule has 0 nitrogen and oxygen atoms in total. The van der Waals surface area contributed by atoms with E-state index in [1.165, 1.54) is 22.3 Å². The van der Waals surface area contributed by atoms with Gasteiger partial charge in [-0.2, -0.15) is 45.8 Å². The molecule has 36 heavy (non-hydrogen) atoms. The summed E-state index contributed by atoms with van der Waals surface area (Å²) in [6.07, 6.45) is 0. The van der Waals surface area contributed by atoms with Crippen LogP contribution in [0.1, 0.15) is 0 Å². The topological polar surface area (TPSA) is 0 Å². The van der Waals surface area contributed by atoms with Gasteiger partial charge in [-0.15, -0.1) is 0 Å². The van der Waals surface area contributed by atoms with Crippen LogP contribution in [0.25, 0.3) is 22.3 Å². The molecule has 0 aliphatic heterocycles. The third-order valence-electron chi connectivity index (χ3n) is 5.45. The van der Waals surface area contributed by atoms with Gasteiger partial charge in [0.05, 0.1) is 16.1 Å². The number of hydrogen-bond donors (Lipinski definition) is 0. The van der Waals surface area contributed by atoms with Crippen molar-refractivity contribution in [2.24, 2.45) is 0 Å². The molecule has 0 saturated heterocycles. The molecule has 0 saturated carbocycles. The Morgan fingerprint density at radius 3 is 1.08 bits per heavy atom. The molecule has 4 aromatic carbocycles. The molecule has 0 unspecified atom stereocenters. The average molecular weight is 605 g/mol. The van der Waals surface area contributed by atoms with Crippen LogP contribution >= 0.6 is 18.6 Å². The number of benzene rings is 2. The summed E-state index contributed by atoms with van der Waals surface area (Å²) >= 11 is -0.556. The Bertz CT molecular complexity index is 1000. The van der Waals surface area contributed by atoms with Crippen molar-refractivity contribution in [2.75, 3.05) is 0 Å². The van der Waals surface area contributed by atoms with Crippen LogP contribution in [0, 0.1) is 0 Å². The van der Waals surface area contributed by atoms with E-state index in [1.54, 1.807) is 10.4 Å². The van der Waals surface area contributed by atoms with Crippen LogP contribution in [-0.4, -0.2) is 25.7 Å². The summed E-state index contributed by atoms with van der Waals surface area (Å²) in [5.74, 6) is 0. The molecule has 193 valence electrons. The van der Waals surface area contributed by atoms with E-state index in [4.69, 9.17) is 18.6 Å². The maximum absolute atomic E-state index is 4.89. The van der Waals surface area contributed by atoms with Gasteiger partial charge >= 0.3 is 35.6 Å². The summed E-state index contributed by atoms with van der Waals surface area (Å²) < 4.78 is 0. The summed E-state index contributed by atoms with van der Waals surface area (Å²) in [4.78, 5) is 0. The molecule has 0 N–H and O–H groups in total. The Balaban J connectivity index is 0.000000296. The summed E-state index contributed by atoms with van der Waals surface area (Å²) in [7, 11) is 8.24. The van der Waals surface area contributed by atoms with Crippen LogP contribution in [0.3, 0.4) is 0 Å². The van der Waals surface area contributed by atoms with Gasteiger partial charge in [-0.3, -0.25) is 0 Å². The van der Waals surface area contributed by atoms with Crippen molar-refractivity contribution < 1.29 is 17.0 Å². The van der Waals surface area contributed by atoms with Gasteiger partial charge in [-0.1, -0.05) is 124 Å². The van der Waals surface area contributed by atoms with Crippen molar-refractivity contribution in [1.82, 2.24) is 0 Å². The number of halogens is 2. The summed E-state index contributed by atoms with van der Waals surface area (Å²) in [6, 6.07) is 34.9. The van der Waals surface area contributed by atoms with Crippen LogP contribution in [0.2, 0.25) is 52.4 Å². The SMILES string of the molecule is C[SiH]C.C[Si](C)(C)c1cc(-c2ccccc2)c[cH-]1.C[Si](C)(C)c1cc(-c2ccccc2)c[cH-]1.[Cl][Ti][Cl]. The zero-order chi connectivity index (χ0) is 27.2. The van der Waals surface area contributed by atoms with Gasteiger partial charge < -0.3 is 0 Å². The summed E-state index contributed by atoms with van der Waals surface area (Å²) in [5.41, 5.74) is 5.35. The average Bonchev–Trinajstić information content (AvgIpc) is 3.52. The first-order chi connectivity index (χ1) is 17.0. The predicted octanol–water partition coefficient (Wildman–Crippen LogP) is 9.13. The molecule has 0 spiro atoms. The molecule has 0 amide bonds. The molecule has 0 bridgehead atoms. The molecule has 6 heteroatoms. The third kappa shape index (κ3) is 12.1. The Morgan fingerprint density at radius 2 is 0.861 bits per heavy atom. The van der Waals surface area contributed by atoms with Crippen LogP contribution in [0.4, 0.5) is 0 Å². The summed E-state index contributed by atoms with van der Waals surface area (Å²) in [5, 5.41) is 3.09. The van der Waals surface area contributed by atoms with E-state index in [-0.39, 0.29) is 0 Å². The first kappa shape index (κ1) is 33.1. The summed E-state index contributed by atoms with van der Waals surface area (Å²) in [6.45, 7) is 18.7. The fourth-order valence-corrected chi connectivity index (χ4v) is 5.78. The molecule has 0 fully saturated rings. The first-order valence-corrected chi connectivity index (χ1v) is 25.9. The Kier molecular flexibility index (Phi) is 15.5. The van der Waals surface area contributed by atoms with Crippen molar-refractivity contribution in [3.8, 4) is 22.3 Å². The van der Waals surface area contributed by atoms with E-state index in [9.17, 15) is 0 Å². The monoisotopic (exact) mass is 603 g/mol. The van der Waals surface area contributed by atoms with Gasteiger partial charge in [0.15, 0.2) is 0 Å². The van der Waals surface area contributed by atoms with Crippen LogP contribution in [0.5, 0.6) is 0 Å². The van der Waals surface area contributed by atoms with Crippen molar-refractivity contribution in [3.05, 3.63) is 97.1 Å². The minimum absolute atomic E-state index is 0.556. The maximum atomic E-state index is 4.89. The second-order valence-electron chi connectivity index (χ2n) is 10.7.